The van der Waals surface area contributed by atoms with Crippen molar-refractivity contribution in [2.24, 2.45) is 0 Å². The second-order valence-electron chi connectivity index (χ2n) is 5.87. The normalized spacial score (nSPS) is 15.9. The number of carbonyl (C=O) groups excluding carboxylic acids is 1. The lowest BCUT2D eigenvalue weighted by Crippen LogP contribution is -2.48. The number of rotatable bonds is 6. The van der Waals surface area contributed by atoms with Crippen LogP contribution in [-0.2, 0) is 16.0 Å². The van der Waals surface area contributed by atoms with Gasteiger partial charge in [-0.15, -0.1) is 0 Å². The molecule has 1 aliphatic heterocycles. The Kier molecular flexibility index (Phi) is 6.42. The molecule has 0 aromatic heterocycles. The van der Waals surface area contributed by atoms with Crippen molar-refractivity contribution in [1.29, 1.82) is 0 Å². The minimum absolute atomic E-state index is 0.0693. The van der Waals surface area contributed by atoms with Gasteiger partial charge in [0.15, 0.2) is 0 Å². The zero-order valence-electron chi connectivity index (χ0n) is 13.4. The van der Waals surface area contributed by atoms with E-state index in [4.69, 9.17) is 16.7 Å². The second kappa shape index (κ2) is 8.31. The Bertz CT molecular complexity index is 539. The Morgan fingerprint density at radius 1 is 1.26 bits per heavy atom. The highest BCUT2D eigenvalue weighted by molar-refractivity contribution is 6.30. The lowest BCUT2D eigenvalue weighted by Gasteiger charge is -2.37. The van der Waals surface area contributed by atoms with Gasteiger partial charge >= 0.3 is 5.97 Å². The van der Waals surface area contributed by atoms with Gasteiger partial charge in [-0.25, -0.2) is 0 Å². The standard InChI is InChI=1S/C17H23ClN2O3/c1-2-19(12-17(22)23)15-7-9-20(10-8-15)16(21)11-13-3-5-14(18)6-4-13/h3-6,15H,2,7-12H2,1H3,(H,22,23). The number of piperidine rings is 1. The number of hydrogen-bond donors (Lipinski definition) is 1. The first-order chi connectivity index (χ1) is 11.0. The van der Waals surface area contributed by atoms with Crippen molar-refractivity contribution in [3.05, 3.63) is 34.9 Å². The highest BCUT2D eigenvalue weighted by Gasteiger charge is 2.27. The number of amides is 1. The van der Waals surface area contributed by atoms with Crippen molar-refractivity contribution in [3.8, 4) is 0 Å². The summed E-state index contributed by atoms with van der Waals surface area (Å²) in [4.78, 5) is 27.1. The van der Waals surface area contributed by atoms with Crippen molar-refractivity contribution in [2.75, 3.05) is 26.2 Å². The number of halogens is 1. The molecule has 1 N–H and O–H groups in total. The van der Waals surface area contributed by atoms with Crippen LogP contribution in [0.25, 0.3) is 0 Å². The van der Waals surface area contributed by atoms with Gasteiger partial charge in [0.1, 0.15) is 0 Å². The molecule has 1 saturated heterocycles. The average molecular weight is 339 g/mol. The van der Waals surface area contributed by atoms with E-state index in [1.54, 1.807) is 12.1 Å². The molecule has 1 fully saturated rings. The van der Waals surface area contributed by atoms with E-state index in [1.165, 1.54) is 0 Å². The highest BCUT2D eigenvalue weighted by atomic mass is 35.5. The maximum atomic E-state index is 12.4. The van der Waals surface area contributed by atoms with Gasteiger partial charge in [0.05, 0.1) is 13.0 Å². The number of likely N-dealkylation sites (N-methyl/N-ethyl adjacent to an activating group) is 1. The molecule has 1 aliphatic rings. The third-order valence-corrected chi connectivity index (χ3v) is 4.60. The van der Waals surface area contributed by atoms with E-state index in [-0.39, 0.29) is 18.5 Å². The predicted octanol–water partition coefficient (Wildman–Crippen LogP) is 2.28. The number of carboxylic acid groups (broad SMARTS) is 1. The second-order valence-corrected chi connectivity index (χ2v) is 6.31. The molecular weight excluding hydrogens is 316 g/mol. The van der Waals surface area contributed by atoms with E-state index in [2.05, 4.69) is 0 Å². The van der Waals surface area contributed by atoms with Crippen molar-refractivity contribution in [2.45, 2.75) is 32.2 Å². The van der Waals surface area contributed by atoms with E-state index in [0.29, 0.717) is 24.5 Å². The number of hydrogen-bond acceptors (Lipinski definition) is 3. The lowest BCUT2D eigenvalue weighted by atomic mass is 10.0. The van der Waals surface area contributed by atoms with Crippen LogP contribution < -0.4 is 0 Å². The molecule has 5 nitrogen and oxygen atoms in total. The van der Waals surface area contributed by atoms with Gasteiger partial charge in [0.25, 0.3) is 0 Å². The Morgan fingerprint density at radius 2 is 1.87 bits per heavy atom. The van der Waals surface area contributed by atoms with Crippen LogP contribution in [0.15, 0.2) is 24.3 Å². The summed E-state index contributed by atoms with van der Waals surface area (Å²) in [7, 11) is 0. The van der Waals surface area contributed by atoms with Gasteiger partial charge in [0.2, 0.25) is 5.91 Å². The average Bonchev–Trinajstić information content (AvgIpc) is 2.54. The third kappa shape index (κ3) is 5.22. The van der Waals surface area contributed by atoms with Gasteiger partial charge in [0, 0.05) is 24.2 Å². The molecule has 0 unspecified atom stereocenters. The van der Waals surface area contributed by atoms with Crippen molar-refractivity contribution in [3.63, 3.8) is 0 Å². The fraction of sp³-hybridized carbons (Fsp3) is 0.529. The van der Waals surface area contributed by atoms with Gasteiger partial charge in [-0.2, -0.15) is 0 Å². The van der Waals surface area contributed by atoms with Crippen LogP contribution in [0.4, 0.5) is 0 Å². The first-order valence-corrected chi connectivity index (χ1v) is 8.35. The van der Waals surface area contributed by atoms with Gasteiger partial charge in [-0.05, 0) is 37.1 Å². The summed E-state index contributed by atoms with van der Waals surface area (Å²) in [5.74, 6) is -0.680. The molecule has 6 heteroatoms. The van der Waals surface area contributed by atoms with E-state index in [9.17, 15) is 9.59 Å². The van der Waals surface area contributed by atoms with E-state index < -0.39 is 5.97 Å². The highest BCUT2D eigenvalue weighted by Crippen LogP contribution is 2.18. The Hall–Kier alpha value is -1.59. The minimum atomic E-state index is -0.798. The number of nitrogens with zero attached hydrogens (tertiary/aromatic N) is 2. The molecular formula is C17H23ClN2O3. The van der Waals surface area contributed by atoms with Crippen LogP contribution in [0.3, 0.4) is 0 Å². The van der Waals surface area contributed by atoms with Crippen LogP contribution in [0.5, 0.6) is 0 Å². The van der Waals surface area contributed by atoms with Crippen molar-refractivity contribution in [1.82, 2.24) is 9.80 Å². The number of aliphatic carboxylic acids is 1. The molecule has 0 radical (unpaired) electrons. The molecule has 2 rings (SSSR count). The predicted molar refractivity (Wildman–Crippen MR) is 89.6 cm³/mol. The molecule has 0 spiro atoms. The van der Waals surface area contributed by atoms with Crippen molar-refractivity contribution >= 4 is 23.5 Å². The van der Waals surface area contributed by atoms with Crippen LogP contribution in [0.2, 0.25) is 5.02 Å². The van der Waals surface area contributed by atoms with Gasteiger partial charge < -0.3 is 10.0 Å². The number of likely N-dealkylation sites (tertiary alicyclic amines) is 1. The quantitative estimate of drug-likeness (QED) is 0.864. The fourth-order valence-electron chi connectivity index (χ4n) is 3.04. The lowest BCUT2D eigenvalue weighted by molar-refractivity contribution is -0.140. The summed E-state index contributed by atoms with van der Waals surface area (Å²) >= 11 is 5.85. The van der Waals surface area contributed by atoms with E-state index in [0.717, 1.165) is 24.9 Å². The molecule has 126 valence electrons. The Labute approximate surface area is 141 Å². The maximum absolute atomic E-state index is 12.4. The molecule has 0 atom stereocenters. The molecule has 1 aromatic carbocycles. The SMILES string of the molecule is CCN(CC(=O)O)C1CCN(C(=O)Cc2ccc(Cl)cc2)CC1. The van der Waals surface area contributed by atoms with E-state index >= 15 is 0 Å². The summed E-state index contributed by atoms with van der Waals surface area (Å²) in [5, 5.41) is 9.62. The largest absolute Gasteiger partial charge is 0.480 e. The van der Waals surface area contributed by atoms with Gasteiger partial charge in [-0.3, -0.25) is 14.5 Å². The summed E-state index contributed by atoms with van der Waals surface area (Å²) in [6.45, 7) is 4.14. The first-order valence-electron chi connectivity index (χ1n) is 7.97. The molecule has 23 heavy (non-hydrogen) atoms. The molecule has 0 aliphatic carbocycles. The summed E-state index contributed by atoms with van der Waals surface area (Å²) in [5.41, 5.74) is 0.961. The zero-order valence-corrected chi connectivity index (χ0v) is 14.1. The molecule has 0 bridgehead atoms. The fourth-order valence-corrected chi connectivity index (χ4v) is 3.17. The smallest absolute Gasteiger partial charge is 0.317 e. The summed E-state index contributed by atoms with van der Waals surface area (Å²) in [6.07, 6.45) is 2.04. The van der Waals surface area contributed by atoms with Crippen LogP contribution in [0.1, 0.15) is 25.3 Å². The van der Waals surface area contributed by atoms with Crippen LogP contribution in [-0.4, -0.2) is 59.0 Å². The number of benzene rings is 1. The number of carboxylic acids is 1. The van der Waals surface area contributed by atoms with E-state index in [1.807, 2.05) is 28.9 Å². The Morgan fingerprint density at radius 3 is 2.39 bits per heavy atom. The first kappa shape index (κ1) is 17.8. The molecule has 0 saturated carbocycles. The zero-order chi connectivity index (χ0) is 16.8. The van der Waals surface area contributed by atoms with Crippen molar-refractivity contribution < 1.29 is 14.7 Å². The summed E-state index contributed by atoms with van der Waals surface area (Å²) < 4.78 is 0. The summed E-state index contributed by atoms with van der Waals surface area (Å²) in [6, 6.07) is 7.58. The van der Waals surface area contributed by atoms with Crippen LogP contribution in [0, 0.1) is 0 Å². The third-order valence-electron chi connectivity index (χ3n) is 4.35. The molecule has 1 aromatic rings. The molecule has 1 amide bonds. The topological polar surface area (TPSA) is 60.9 Å². The maximum Gasteiger partial charge on any atom is 0.317 e. The van der Waals surface area contributed by atoms with Crippen LogP contribution >= 0.6 is 11.6 Å². The monoisotopic (exact) mass is 338 g/mol. The van der Waals surface area contributed by atoms with Gasteiger partial charge in [-0.1, -0.05) is 30.7 Å². The molecule has 1 heterocycles. The minimum Gasteiger partial charge on any atom is -0.480 e. The number of carbonyl (C=O) groups is 2. The Balaban J connectivity index is 1.84.